The molecule has 5 heteroatoms. The molecule has 0 bridgehead atoms. The first-order chi connectivity index (χ1) is 12.1. The van der Waals surface area contributed by atoms with Gasteiger partial charge in [-0.3, -0.25) is 10.2 Å². The van der Waals surface area contributed by atoms with Gasteiger partial charge in [-0.1, -0.05) is 58.2 Å². The second-order valence-electron chi connectivity index (χ2n) is 6.52. The van der Waals surface area contributed by atoms with Crippen LogP contribution in [0.2, 0.25) is 0 Å². The third-order valence-electron chi connectivity index (χ3n) is 3.83. The van der Waals surface area contributed by atoms with Crippen LogP contribution in [0.3, 0.4) is 0 Å². The van der Waals surface area contributed by atoms with E-state index in [1.54, 1.807) is 6.07 Å². The van der Waals surface area contributed by atoms with Crippen LogP contribution in [-0.2, 0) is 0 Å². The van der Waals surface area contributed by atoms with E-state index < -0.39 is 0 Å². The Hall–Kier alpha value is -2.43. The molecule has 0 spiro atoms. The normalized spacial score (nSPS) is 11.4. The minimum Gasteiger partial charge on any atom is -0.352 e. The predicted octanol–water partition coefficient (Wildman–Crippen LogP) is 4.60. The molecule has 5 nitrogen and oxygen atoms in total. The minimum atomic E-state index is -0.0639. The molecule has 134 valence electrons. The van der Waals surface area contributed by atoms with E-state index in [4.69, 9.17) is 0 Å². The number of hydrogen-bond donors (Lipinski definition) is 2. The van der Waals surface area contributed by atoms with E-state index in [-0.39, 0.29) is 5.91 Å². The first-order valence-electron chi connectivity index (χ1n) is 9.09. The Labute approximate surface area is 149 Å². The van der Waals surface area contributed by atoms with Crippen molar-refractivity contribution < 1.29 is 4.79 Å². The lowest BCUT2D eigenvalue weighted by Crippen LogP contribution is -2.25. The number of fused-ring (bicyclic) bond motifs is 1. The third kappa shape index (κ3) is 5.85. The van der Waals surface area contributed by atoms with Crippen molar-refractivity contribution >= 4 is 28.8 Å². The largest absolute Gasteiger partial charge is 0.352 e. The molecule has 1 heterocycles. The summed E-state index contributed by atoms with van der Waals surface area (Å²) < 4.78 is 0. The van der Waals surface area contributed by atoms with E-state index in [2.05, 4.69) is 41.6 Å². The molecule has 0 saturated carbocycles. The van der Waals surface area contributed by atoms with Crippen LogP contribution in [0.5, 0.6) is 0 Å². The number of para-hydroxylation sites is 1. The molecule has 0 aliphatic heterocycles. The number of nitrogens with zero attached hydrogens (tertiary/aromatic N) is 2. The average molecular weight is 340 g/mol. The lowest BCUT2D eigenvalue weighted by atomic mass is 10.1. The maximum absolute atomic E-state index is 12.6. The Morgan fingerprint density at radius 2 is 2.04 bits per heavy atom. The van der Waals surface area contributed by atoms with Crippen molar-refractivity contribution in [1.82, 2.24) is 10.3 Å². The molecule has 0 aliphatic carbocycles. The standard InChI is InChI=1S/C20H28N4O/c1-4-5-6-9-12-21-20(25)17-13-19(24-22-14-15(2)3)23-18-11-8-7-10-16(17)18/h7-8,10-11,13-15H,4-6,9,12H2,1-3H3,(H,21,25)(H,23,24)/b22-14+. The monoisotopic (exact) mass is 340 g/mol. The van der Waals surface area contributed by atoms with Gasteiger partial charge in [0.15, 0.2) is 0 Å². The van der Waals surface area contributed by atoms with E-state index in [1.165, 1.54) is 12.8 Å². The number of hydrogen-bond acceptors (Lipinski definition) is 4. The SMILES string of the molecule is CCCCCCNC(=O)c1cc(N/N=C/C(C)C)nc2ccccc12. The summed E-state index contributed by atoms with van der Waals surface area (Å²) in [7, 11) is 0. The Morgan fingerprint density at radius 1 is 1.24 bits per heavy atom. The molecule has 2 aromatic rings. The fraction of sp³-hybridized carbons (Fsp3) is 0.450. The molecule has 0 atom stereocenters. The number of carbonyl (C=O) groups excluding carboxylic acids is 1. The Kier molecular flexibility index (Phi) is 7.38. The summed E-state index contributed by atoms with van der Waals surface area (Å²) in [6.45, 7) is 6.98. The number of nitrogens with one attached hydrogen (secondary N) is 2. The van der Waals surface area contributed by atoms with Gasteiger partial charge in [-0.25, -0.2) is 4.98 Å². The van der Waals surface area contributed by atoms with Gasteiger partial charge < -0.3 is 5.32 Å². The molecular weight excluding hydrogens is 312 g/mol. The molecule has 0 radical (unpaired) electrons. The first kappa shape index (κ1) is 18.9. The zero-order valence-corrected chi connectivity index (χ0v) is 15.4. The molecule has 0 aliphatic rings. The second-order valence-corrected chi connectivity index (χ2v) is 6.52. The highest BCUT2D eigenvalue weighted by Gasteiger charge is 2.12. The van der Waals surface area contributed by atoms with E-state index >= 15 is 0 Å². The van der Waals surface area contributed by atoms with Gasteiger partial charge in [0.05, 0.1) is 11.1 Å². The fourth-order valence-electron chi connectivity index (χ4n) is 2.52. The molecule has 2 rings (SSSR count). The summed E-state index contributed by atoms with van der Waals surface area (Å²) >= 11 is 0. The molecule has 1 aromatic heterocycles. The molecule has 0 fully saturated rings. The quantitative estimate of drug-likeness (QED) is 0.398. The Bertz CT molecular complexity index is 725. The maximum atomic E-state index is 12.6. The van der Waals surface area contributed by atoms with Crippen LogP contribution < -0.4 is 10.7 Å². The zero-order chi connectivity index (χ0) is 18.1. The topological polar surface area (TPSA) is 66.4 Å². The van der Waals surface area contributed by atoms with Crippen LogP contribution in [0.4, 0.5) is 5.82 Å². The lowest BCUT2D eigenvalue weighted by Gasteiger charge is -2.10. The Morgan fingerprint density at radius 3 is 2.80 bits per heavy atom. The van der Waals surface area contributed by atoms with Crippen molar-refractivity contribution in [2.24, 2.45) is 11.0 Å². The van der Waals surface area contributed by atoms with E-state index in [0.717, 1.165) is 23.7 Å². The molecule has 1 amide bonds. The number of unbranched alkanes of at least 4 members (excludes halogenated alkanes) is 3. The van der Waals surface area contributed by atoms with Crippen LogP contribution in [-0.4, -0.2) is 23.7 Å². The number of pyridine rings is 1. The fourth-order valence-corrected chi connectivity index (χ4v) is 2.52. The van der Waals surface area contributed by atoms with Gasteiger partial charge in [0.2, 0.25) is 0 Å². The van der Waals surface area contributed by atoms with Crippen molar-refractivity contribution in [3.63, 3.8) is 0 Å². The molecule has 1 aromatic carbocycles. The highest BCUT2D eigenvalue weighted by atomic mass is 16.1. The molecule has 2 N–H and O–H groups in total. The number of hydrazone groups is 1. The van der Waals surface area contributed by atoms with Gasteiger partial charge in [0.25, 0.3) is 5.91 Å². The van der Waals surface area contributed by atoms with Crippen LogP contribution >= 0.6 is 0 Å². The molecule has 0 unspecified atom stereocenters. The summed E-state index contributed by atoms with van der Waals surface area (Å²) in [5.74, 6) is 0.858. The van der Waals surface area contributed by atoms with Gasteiger partial charge in [0, 0.05) is 18.1 Å². The number of aromatic nitrogens is 1. The minimum absolute atomic E-state index is 0.0639. The smallest absolute Gasteiger partial charge is 0.252 e. The van der Waals surface area contributed by atoms with E-state index in [0.29, 0.717) is 23.8 Å². The van der Waals surface area contributed by atoms with Gasteiger partial charge in [-0.15, -0.1) is 0 Å². The highest BCUT2D eigenvalue weighted by Crippen LogP contribution is 2.21. The van der Waals surface area contributed by atoms with Gasteiger partial charge in [0.1, 0.15) is 5.82 Å². The van der Waals surface area contributed by atoms with Gasteiger partial charge in [-0.2, -0.15) is 5.10 Å². The summed E-state index contributed by atoms with van der Waals surface area (Å²) in [4.78, 5) is 17.2. The van der Waals surface area contributed by atoms with Crippen LogP contribution in [0.25, 0.3) is 10.9 Å². The summed E-state index contributed by atoms with van der Waals surface area (Å²) in [6.07, 6.45) is 6.35. The van der Waals surface area contributed by atoms with Crippen molar-refractivity contribution in [3.8, 4) is 0 Å². The number of benzene rings is 1. The predicted molar refractivity (Wildman–Crippen MR) is 105 cm³/mol. The zero-order valence-electron chi connectivity index (χ0n) is 15.4. The van der Waals surface area contributed by atoms with Gasteiger partial charge in [-0.05, 0) is 24.5 Å². The third-order valence-corrected chi connectivity index (χ3v) is 3.83. The van der Waals surface area contributed by atoms with E-state index in [9.17, 15) is 4.79 Å². The van der Waals surface area contributed by atoms with Crippen LogP contribution in [0.1, 0.15) is 56.8 Å². The van der Waals surface area contributed by atoms with Crippen molar-refractivity contribution in [1.29, 1.82) is 0 Å². The molecule has 0 saturated heterocycles. The Balaban J connectivity index is 2.16. The number of amides is 1. The highest BCUT2D eigenvalue weighted by molar-refractivity contribution is 6.06. The van der Waals surface area contributed by atoms with E-state index in [1.807, 2.05) is 30.5 Å². The number of rotatable bonds is 9. The number of carbonyl (C=O) groups is 1. The first-order valence-corrected chi connectivity index (χ1v) is 9.09. The van der Waals surface area contributed by atoms with Gasteiger partial charge >= 0.3 is 0 Å². The summed E-state index contributed by atoms with van der Waals surface area (Å²) in [5.41, 5.74) is 4.33. The van der Waals surface area contributed by atoms with Crippen LogP contribution in [0, 0.1) is 5.92 Å². The maximum Gasteiger partial charge on any atom is 0.252 e. The van der Waals surface area contributed by atoms with Crippen molar-refractivity contribution in [3.05, 3.63) is 35.9 Å². The van der Waals surface area contributed by atoms with Crippen molar-refractivity contribution in [2.45, 2.75) is 46.5 Å². The molecule has 25 heavy (non-hydrogen) atoms. The summed E-state index contributed by atoms with van der Waals surface area (Å²) in [5, 5.41) is 8.05. The molecular formula is C20H28N4O. The number of anilines is 1. The summed E-state index contributed by atoms with van der Waals surface area (Å²) in [6, 6.07) is 9.44. The second kappa shape index (κ2) is 9.77. The lowest BCUT2D eigenvalue weighted by molar-refractivity contribution is 0.0954. The average Bonchev–Trinajstić information content (AvgIpc) is 2.60. The van der Waals surface area contributed by atoms with Crippen molar-refractivity contribution in [2.75, 3.05) is 12.0 Å². The van der Waals surface area contributed by atoms with Crippen LogP contribution in [0.15, 0.2) is 35.4 Å².